The minimum atomic E-state index is -0.463. The zero-order chi connectivity index (χ0) is 24.6. The summed E-state index contributed by atoms with van der Waals surface area (Å²) in [5.41, 5.74) is 4.89. The predicted molar refractivity (Wildman–Crippen MR) is 138 cm³/mol. The van der Waals surface area contributed by atoms with Gasteiger partial charge in [-0.05, 0) is 42.5 Å². The molecule has 0 aliphatic heterocycles. The van der Waals surface area contributed by atoms with Gasteiger partial charge in [0.15, 0.2) is 0 Å². The highest BCUT2D eigenvalue weighted by atomic mass is 79.9. The van der Waals surface area contributed by atoms with E-state index in [1.54, 1.807) is 25.5 Å². The Morgan fingerprint density at radius 2 is 1.54 bits per heavy atom. The molecule has 0 atom stereocenters. The van der Waals surface area contributed by atoms with Gasteiger partial charge in [-0.1, -0.05) is 34.1 Å². The molecule has 176 valence electrons. The van der Waals surface area contributed by atoms with Crippen LogP contribution < -0.4 is 20.8 Å². The Labute approximate surface area is 208 Å². The maximum atomic E-state index is 10.9. The number of para-hydroxylation sites is 1. The molecule has 0 bridgehead atoms. The second-order valence-electron chi connectivity index (χ2n) is 6.98. The van der Waals surface area contributed by atoms with Crippen molar-refractivity contribution in [2.24, 2.45) is 5.10 Å². The molecule has 4 aromatic rings. The molecule has 0 aliphatic rings. The van der Waals surface area contributed by atoms with Gasteiger partial charge in [0, 0.05) is 33.5 Å². The number of hydrazone groups is 1. The number of aromatic nitrogens is 3. The first kappa shape index (κ1) is 23.6. The Bertz CT molecular complexity index is 1350. The number of methoxy groups -OCH3 is 1. The average Bonchev–Trinajstić information content (AvgIpc) is 2.85. The fourth-order valence-corrected chi connectivity index (χ4v) is 3.33. The minimum absolute atomic E-state index is 0.0164. The van der Waals surface area contributed by atoms with Crippen molar-refractivity contribution >= 4 is 57.1 Å². The average molecular weight is 535 g/mol. The van der Waals surface area contributed by atoms with Crippen LogP contribution in [0.25, 0.3) is 0 Å². The van der Waals surface area contributed by atoms with E-state index in [9.17, 15) is 10.1 Å². The van der Waals surface area contributed by atoms with E-state index in [-0.39, 0.29) is 23.5 Å². The van der Waals surface area contributed by atoms with Gasteiger partial charge in [-0.3, -0.25) is 10.1 Å². The number of nitro groups is 1. The lowest BCUT2D eigenvalue weighted by Gasteiger charge is -2.10. The number of anilines is 5. The van der Waals surface area contributed by atoms with E-state index in [1.165, 1.54) is 12.1 Å². The van der Waals surface area contributed by atoms with Gasteiger partial charge in [-0.2, -0.15) is 20.1 Å². The first-order chi connectivity index (χ1) is 17.0. The third-order valence-corrected chi connectivity index (χ3v) is 5.05. The molecule has 0 amide bonds. The number of rotatable bonds is 9. The first-order valence-corrected chi connectivity index (χ1v) is 11.0. The standard InChI is InChI=1S/C23H19BrN8O3/c1-35-20-12-7-16(24)13-15(20)14-25-31-23-29-21(26-17-5-3-2-4-6-17)28-22(30-23)27-18-8-10-19(11-9-18)32(33)34/h2-14H,1H3,(H3,26,27,28,29,30,31). The van der Waals surface area contributed by atoms with E-state index in [0.29, 0.717) is 11.4 Å². The normalized spacial score (nSPS) is 10.7. The van der Waals surface area contributed by atoms with Crippen LogP contribution in [0.2, 0.25) is 0 Å². The summed E-state index contributed by atoms with van der Waals surface area (Å²) in [5, 5.41) is 21.3. The van der Waals surface area contributed by atoms with Gasteiger partial charge in [0.25, 0.3) is 5.69 Å². The van der Waals surface area contributed by atoms with Crippen LogP contribution in [0, 0.1) is 10.1 Å². The molecular formula is C23H19BrN8O3. The van der Waals surface area contributed by atoms with E-state index in [4.69, 9.17) is 4.74 Å². The van der Waals surface area contributed by atoms with Gasteiger partial charge in [0.1, 0.15) is 5.75 Å². The maximum absolute atomic E-state index is 10.9. The summed E-state index contributed by atoms with van der Waals surface area (Å²) in [6, 6.07) is 20.9. The van der Waals surface area contributed by atoms with E-state index in [0.717, 1.165) is 15.7 Å². The summed E-state index contributed by atoms with van der Waals surface area (Å²) in [6.07, 6.45) is 1.58. The van der Waals surface area contributed by atoms with E-state index in [2.05, 4.69) is 52.0 Å². The third-order valence-electron chi connectivity index (χ3n) is 4.56. The lowest BCUT2D eigenvalue weighted by Crippen LogP contribution is -2.07. The van der Waals surface area contributed by atoms with Crippen LogP contribution in [0.4, 0.5) is 34.9 Å². The van der Waals surface area contributed by atoms with Gasteiger partial charge in [0.05, 0.1) is 18.2 Å². The van der Waals surface area contributed by atoms with Crippen molar-refractivity contribution in [3.8, 4) is 5.75 Å². The number of nitrogens with zero attached hydrogens (tertiary/aromatic N) is 5. The summed E-state index contributed by atoms with van der Waals surface area (Å²) in [4.78, 5) is 23.6. The molecule has 0 saturated heterocycles. The highest BCUT2D eigenvalue weighted by Gasteiger charge is 2.09. The predicted octanol–water partition coefficient (Wildman–Crippen LogP) is 5.48. The number of ether oxygens (including phenoxy) is 1. The van der Waals surface area contributed by atoms with E-state index in [1.807, 2.05) is 48.5 Å². The van der Waals surface area contributed by atoms with Gasteiger partial charge in [-0.25, -0.2) is 5.43 Å². The van der Waals surface area contributed by atoms with Crippen molar-refractivity contribution in [1.29, 1.82) is 0 Å². The van der Waals surface area contributed by atoms with Crippen LogP contribution in [0.15, 0.2) is 82.4 Å². The molecule has 11 nitrogen and oxygen atoms in total. The van der Waals surface area contributed by atoms with E-state index >= 15 is 0 Å². The fourth-order valence-electron chi connectivity index (χ4n) is 2.95. The molecule has 4 rings (SSSR count). The Morgan fingerprint density at radius 1 is 0.914 bits per heavy atom. The molecule has 0 fully saturated rings. The highest BCUT2D eigenvalue weighted by molar-refractivity contribution is 9.10. The largest absolute Gasteiger partial charge is 0.496 e. The first-order valence-electron chi connectivity index (χ1n) is 10.2. The van der Waals surface area contributed by atoms with Crippen molar-refractivity contribution < 1.29 is 9.66 Å². The van der Waals surface area contributed by atoms with Gasteiger partial charge >= 0.3 is 0 Å². The van der Waals surface area contributed by atoms with Crippen LogP contribution in [-0.4, -0.2) is 33.2 Å². The topological polar surface area (TPSA) is 139 Å². The lowest BCUT2D eigenvalue weighted by molar-refractivity contribution is -0.384. The Balaban J connectivity index is 1.59. The maximum Gasteiger partial charge on any atom is 0.269 e. The van der Waals surface area contributed by atoms with E-state index < -0.39 is 4.92 Å². The number of benzene rings is 3. The van der Waals surface area contributed by atoms with Crippen LogP contribution >= 0.6 is 15.9 Å². The minimum Gasteiger partial charge on any atom is -0.496 e. The summed E-state index contributed by atoms with van der Waals surface area (Å²) >= 11 is 3.43. The fraction of sp³-hybridized carbons (Fsp3) is 0.0435. The molecule has 1 heterocycles. The summed E-state index contributed by atoms with van der Waals surface area (Å²) in [7, 11) is 1.58. The third kappa shape index (κ3) is 6.48. The molecule has 12 heteroatoms. The molecule has 3 N–H and O–H groups in total. The molecule has 3 aromatic carbocycles. The molecule has 1 aromatic heterocycles. The number of nitro benzene ring substituents is 1. The number of nitrogens with one attached hydrogen (secondary N) is 3. The van der Waals surface area contributed by atoms with Crippen LogP contribution in [0.1, 0.15) is 5.56 Å². The number of hydrogen-bond donors (Lipinski definition) is 3. The van der Waals surface area contributed by atoms with Crippen molar-refractivity contribution in [2.75, 3.05) is 23.2 Å². The Morgan fingerprint density at radius 3 is 2.17 bits per heavy atom. The molecule has 0 saturated carbocycles. The van der Waals surface area contributed by atoms with Gasteiger partial charge in [-0.15, -0.1) is 0 Å². The molecule has 0 spiro atoms. The monoisotopic (exact) mass is 534 g/mol. The SMILES string of the molecule is COc1ccc(Br)cc1C=NNc1nc(Nc2ccccc2)nc(Nc2ccc([N+](=O)[O-])cc2)n1. The molecular weight excluding hydrogens is 516 g/mol. The quantitative estimate of drug-likeness (QED) is 0.144. The lowest BCUT2D eigenvalue weighted by atomic mass is 10.2. The number of halogens is 1. The molecule has 35 heavy (non-hydrogen) atoms. The highest BCUT2D eigenvalue weighted by Crippen LogP contribution is 2.22. The molecule has 0 unspecified atom stereocenters. The van der Waals surface area contributed by atoms with Crippen LogP contribution in [-0.2, 0) is 0 Å². The number of hydrogen-bond acceptors (Lipinski definition) is 10. The second-order valence-corrected chi connectivity index (χ2v) is 7.90. The zero-order valence-electron chi connectivity index (χ0n) is 18.3. The summed E-state index contributed by atoms with van der Waals surface area (Å²) in [6.45, 7) is 0. The van der Waals surface area contributed by atoms with Crippen molar-refractivity contribution in [2.45, 2.75) is 0 Å². The van der Waals surface area contributed by atoms with Gasteiger partial charge < -0.3 is 15.4 Å². The summed E-state index contributed by atoms with van der Waals surface area (Å²) in [5.74, 6) is 1.31. The van der Waals surface area contributed by atoms with Crippen molar-refractivity contribution in [3.05, 3.63) is 92.9 Å². The van der Waals surface area contributed by atoms with Crippen molar-refractivity contribution in [1.82, 2.24) is 15.0 Å². The molecule has 0 aliphatic carbocycles. The smallest absolute Gasteiger partial charge is 0.269 e. The summed E-state index contributed by atoms with van der Waals surface area (Å²) < 4.78 is 6.23. The Hall–Kier alpha value is -4.58. The van der Waals surface area contributed by atoms with Crippen LogP contribution in [0.5, 0.6) is 5.75 Å². The number of non-ortho nitro benzene ring substituents is 1. The van der Waals surface area contributed by atoms with Crippen LogP contribution in [0.3, 0.4) is 0 Å². The van der Waals surface area contributed by atoms with Crippen molar-refractivity contribution in [3.63, 3.8) is 0 Å². The van der Waals surface area contributed by atoms with Gasteiger partial charge in [0.2, 0.25) is 17.8 Å². The zero-order valence-corrected chi connectivity index (χ0v) is 19.9. The molecule has 0 radical (unpaired) electrons. The Kier molecular flexibility index (Phi) is 7.43. The second kappa shape index (κ2) is 11.0.